The van der Waals surface area contributed by atoms with Crippen molar-refractivity contribution in [2.75, 3.05) is 20.2 Å². The smallest absolute Gasteiger partial charge is 0.396 e. The Hall–Kier alpha value is -1.20. The van der Waals surface area contributed by atoms with E-state index in [0.717, 1.165) is 16.7 Å². The molecule has 3 atom stereocenters. The maximum atomic E-state index is 13.6. The molecule has 1 aliphatic heterocycles. The van der Waals surface area contributed by atoms with E-state index in [4.69, 9.17) is 0 Å². The van der Waals surface area contributed by atoms with Crippen molar-refractivity contribution in [1.82, 2.24) is 14.7 Å². The van der Waals surface area contributed by atoms with Gasteiger partial charge in [-0.25, -0.2) is 23.2 Å². The van der Waals surface area contributed by atoms with Crippen molar-refractivity contribution in [2.24, 2.45) is 5.92 Å². The van der Waals surface area contributed by atoms with Gasteiger partial charge in [-0.3, -0.25) is 0 Å². The Balaban J connectivity index is 1.74. The van der Waals surface area contributed by atoms with Gasteiger partial charge in [-0.1, -0.05) is 18.2 Å². The van der Waals surface area contributed by atoms with Crippen molar-refractivity contribution in [1.29, 1.82) is 0 Å². The van der Waals surface area contributed by atoms with Crippen molar-refractivity contribution in [3.8, 4) is 0 Å². The molecule has 1 aliphatic carbocycles. The molecule has 3 rings (SSSR count). The van der Waals surface area contributed by atoms with Crippen LogP contribution in [0.1, 0.15) is 30.5 Å². The fourth-order valence-corrected chi connectivity index (χ4v) is 5.12. The van der Waals surface area contributed by atoms with Crippen molar-refractivity contribution < 1.29 is 26.7 Å². The number of aliphatic hydroxyl groups excluding tert-OH is 1. The van der Waals surface area contributed by atoms with E-state index in [-0.39, 0.29) is 19.1 Å². The SMILES string of the molecule is CC(C)S(=O)(=O)N[C@H]1Cc2ccc(CN3C(C(F)(F)F)C(CO)CN3C)cc2C1. The van der Waals surface area contributed by atoms with Gasteiger partial charge in [-0.2, -0.15) is 13.2 Å². The molecule has 29 heavy (non-hydrogen) atoms. The van der Waals surface area contributed by atoms with Crippen LogP contribution in [0.4, 0.5) is 13.2 Å². The Labute approximate surface area is 169 Å². The van der Waals surface area contributed by atoms with Crippen LogP contribution in [0.2, 0.25) is 0 Å². The largest absolute Gasteiger partial charge is 0.405 e. The van der Waals surface area contributed by atoms with Gasteiger partial charge < -0.3 is 5.11 Å². The minimum atomic E-state index is -4.44. The average molecular weight is 436 g/mol. The van der Waals surface area contributed by atoms with Crippen LogP contribution < -0.4 is 4.72 Å². The number of nitrogens with one attached hydrogen (secondary N) is 1. The molecule has 0 amide bonds. The molecule has 1 fully saturated rings. The zero-order valence-electron chi connectivity index (χ0n) is 16.8. The number of rotatable bonds is 6. The summed E-state index contributed by atoms with van der Waals surface area (Å²) < 4.78 is 67.7. The van der Waals surface area contributed by atoms with Crippen LogP contribution in [0.3, 0.4) is 0 Å². The van der Waals surface area contributed by atoms with Gasteiger partial charge in [0.1, 0.15) is 6.04 Å². The zero-order valence-corrected chi connectivity index (χ0v) is 17.6. The number of hydrogen-bond donors (Lipinski definition) is 2. The molecule has 2 N–H and O–H groups in total. The highest BCUT2D eigenvalue weighted by Crippen LogP contribution is 2.37. The minimum absolute atomic E-state index is 0.0762. The number of fused-ring (bicyclic) bond motifs is 1. The Morgan fingerprint density at radius 3 is 2.48 bits per heavy atom. The molecule has 2 unspecified atom stereocenters. The van der Waals surface area contributed by atoms with Crippen molar-refractivity contribution >= 4 is 10.0 Å². The Bertz CT molecular complexity index is 845. The van der Waals surface area contributed by atoms with Gasteiger partial charge in [-0.05, 0) is 43.4 Å². The van der Waals surface area contributed by atoms with Gasteiger partial charge in [-0.15, -0.1) is 0 Å². The summed E-state index contributed by atoms with van der Waals surface area (Å²) >= 11 is 0. The maximum absolute atomic E-state index is 13.6. The molecule has 0 spiro atoms. The van der Waals surface area contributed by atoms with Gasteiger partial charge in [0, 0.05) is 38.7 Å². The molecule has 10 heteroatoms. The number of nitrogens with zero attached hydrogens (tertiary/aromatic N) is 2. The normalized spacial score (nSPS) is 26.4. The summed E-state index contributed by atoms with van der Waals surface area (Å²) in [6.45, 7) is 2.93. The molecular weight excluding hydrogens is 407 g/mol. The van der Waals surface area contributed by atoms with Gasteiger partial charge >= 0.3 is 6.18 Å². The summed E-state index contributed by atoms with van der Waals surface area (Å²) in [4.78, 5) is 0. The van der Waals surface area contributed by atoms with Gasteiger partial charge in [0.05, 0.1) is 5.25 Å². The van der Waals surface area contributed by atoms with Crippen LogP contribution in [0.25, 0.3) is 0 Å². The summed E-state index contributed by atoms with van der Waals surface area (Å²) in [7, 11) is -1.79. The number of alkyl halides is 3. The van der Waals surface area contributed by atoms with Crippen LogP contribution in [-0.2, 0) is 29.4 Å². The monoisotopic (exact) mass is 435 g/mol. The highest BCUT2D eigenvalue weighted by molar-refractivity contribution is 7.90. The molecule has 164 valence electrons. The summed E-state index contributed by atoms with van der Waals surface area (Å²) in [5.41, 5.74) is 2.71. The van der Waals surface area contributed by atoms with Gasteiger partial charge in [0.25, 0.3) is 0 Å². The predicted molar refractivity (Wildman–Crippen MR) is 103 cm³/mol. The molecule has 6 nitrogen and oxygen atoms in total. The van der Waals surface area contributed by atoms with E-state index >= 15 is 0 Å². The lowest BCUT2D eigenvalue weighted by molar-refractivity contribution is -0.207. The molecule has 0 radical (unpaired) electrons. The molecule has 1 aromatic rings. The topological polar surface area (TPSA) is 72.9 Å². The van der Waals surface area contributed by atoms with Crippen LogP contribution in [0, 0.1) is 5.92 Å². The third-order valence-electron chi connectivity index (χ3n) is 5.77. The van der Waals surface area contributed by atoms with E-state index in [1.807, 2.05) is 12.1 Å². The molecule has 0 saturated carbocycles. The highest BCUT2D eigenvalue weighted by atomic mass is 32.2. The number of sulfonamides is 1. The van der Waals surface area contributed by atoms with E-state index in [2.05, 4.69) is 4.72 Å². The van der Waals surface area contributed by atoms with Crippen LogP contribution in [-0.4, -0.2) is 67.3 Å². The summed E-state index contributed by atoms with van der Waals surface area (Å²) in [5.74, 6) is -0.885. The Morgan fingerprint density at radius 2 is 1.90 bits per heavy atom. The number of aliphatic hydroxyl groups is 1. The first-order valence-corrected chi connectivity index (χ1v) is 11.2. The summed E-state index contributed by atoms with van der Waals surface area (Å²) in [6.07, 6.45) is -3.34. The average Bonchev–Trinajstić information content (AvgIpc) is 3.13. The first-order valence-electron chi connectivity index (χ1n) is 9.69. The number of benzene rings is 1. The fraction of sp³-hybridized carbons (Fsp3) is 0.684. The van der Waals surface area contributed by atoms with E-state index in [1.54, 1.807) is 27.0 Å². The first-order chi connectivity index (χ1) is 13.4. The molecule has 1 saturated heterocycles. The van der Waals surface area contributed by atoms with Crippen LogP contribution in [0.5, 0.6) is 0 Å². The van der Waals surface area contributed by atoms with E-state index in [1.165, 1.54) is 10.0 Å². The Morgan fingerprint density at radius 1 is 1.24 bits per heavy atom. The number of hydrazine groups is 1. The first kappa shape index (κ1) is 22.5. The third-order valence-corrected chi connectivity index (χ3v) is 7.68. The Kier molecular flexibility index (Phi) is 6.31. The van der Waals surface area contributed by atoms with Crippen molar-refractivity contribution in [2.45, 2.75) is 56.7 Å². The second kappa shape index (κ2) is 8.14. The number of halogens is 3. The molecule has 2 aliphatic rings. The van der Waals surface area contributed by atoms with Gasteiger partial charge in [0.2, 0.25) is 10.0 Å². The summed E-state index contributed by atoms with van der Waals surface area (Å²) in [5, 5.41) is 11.6. The number of hydrogen-bond acceptors (Lipinski definition) is 5. The molecule has 0 bridgehead atoms. The molecular formula is C19H28F3N3O3S. The quantitative estimate of drug-likeness (QED) is 0.712. The van der Waals surface area contributed by atoms with Crippen molar-refractivity contribution in [3.63, 3.8) is 0 Å². The molecule has 0 aromatic heterocycles. The van der Waals surface area contributed by atoms with Crippen LogP contribution in [0.15, 0.2) is 18.2 Å². The van der Waals surface area contributed by atoms with Gasteiger partial charge in [0.15, 0.2) is 0 Å². The minimum Gasteiger partial charge on any atom is -0.396 e. The predicted octanol–water partition coefficient (Wildman–Crippen LogP) is 1.68. The highest BCUT2D eigenvalue weighted by Gasteiger charge is 2.53. The third kappa shape index (κ3) is 4.77. The summed E-state index contributed by atoms with van der Waals surface area (Å²) in [6, 6.07) is 3.58. The fourth-order valence-electron chi connectivity index (χ4n) is 4.22. The van der Waals surface area contributed by atoms with E-state index < -0.39 is 40.0 Å². The van der Waals surface area contributed by atoms with Crippen molar-refractivity contribution in [3.05, 3.63) is 34.9 Å². The second-order valence-electron chi connectivity index (χ2n) is 8.29. The molecule has 1 aromatic carbocycles. The zero-order chi connectivity index (χ0) is 21.6. The standard InChI is InChI=1S/C19H28F3N3O3S/c1-12(2)29(27,28)23-17-7-14-5-4-13(6-15(14)8-17)9-25-18(19(20,21)22)16(11-26)10-24(25)3/h4-6,12,16-18,23,26H,7-11H2,1-3H3/t16?,17-,18?/m0/s1. The lowest BCUT2D eigenvalue weighted by Gasteiger charge is -2.32. The maximum Gasteiger partial charge on any atom is 0.405 e. The van der Waals surface area contributed by atoms with E-state index in [0.29, 0.717) is 12.8 Å². The second-order valence-corrected chi connectivity index (χ2v) is 10.6. The van der Waals surface area contributed by atoms with Crippen LogP contribution >= 0.6 is 0 Å². The lowest BCUT2D eigenvalue weighted by Crippen LogP contribution is -2.48. The van der Waals surface area contributed by atoms with E-state index in [9.17, 15) is 26.7 Å². The lowest BCUT2D eigenvalue weighted by atomic mass is 10.0. The molecule has 1 heterocycles.